The molecule has 0 spiro atoms. The van der Waals surface area contributed by atoms with Crippen LogP contribution in [-0.4, -0.2) is 4.98 Å². The number of hydrogen-bond acceptors (Lipinski definition) is 1. The van der Waals surface area contributed by atoms with Crippen LogP contribution < -0.4 is 0 Å². The van der Waals surface area contributed by atoms with Crippen molar-refractivity contribution in [1.82, 2.24) is 4.98 Å². The van der Waals surface area contributed by atoms with Crippen LogP contribution in [0.1, 0.15) is 11.3 Å². The van der Waals surface area contributed by atoms with Gasteiger partial charge in [-0.2, -0.15) is 0 Å². The second-order valence-corrected chi connectivity index (χ2v) is 7.68. The van der Waals surface area contributed by atoms with Crippen molar-refractivity contribution in [3.8, 4) is 21.6 Å². The average molecular weight is 337 g/mol. The maximum absolute atomic E-state index is 3.63. The molecule has 2 heteroatoms. The Bertz CT molecular complexity index is 1260. The van der Waals surface area contributed by atoms with Crippen LogP contribution in [0.15, 0.2) is 72.8 Å². The van der Waals surface area contributed by atoms with Crippen molar-refractivity contribution < 1.29 is 0 Å². The summed E-state index contributed by atoms with van der Waals surface area (Å²) < 4.78 is 1.41. The van der Waals surface area contributed by atoms with Crippen LogP contribution in [0.25, 0.3) is 42.6 Å². The molecular weight excluding hydrogens is 322 g/mol. The highest BCUT2D eigenvalue weighted by molar-refractivity contribution is 7.23. The Morgan fingerprint density at radius 3 is 2.48 bits per heavy atom. The van der Waals surface area contributed by atoms with Crippen LogP contribution in [0.2, 0.25) is 0 Å². The molecule has 6 rings (SSSR count). The van der Waals surface area contributed by atoms with Gasteiger partial charge in [0.2, 0.25) is 0 Å². The number of fused-ring (bicyclic) bond motifs is 7. The minimum atomic E-state index is 1.01. The molecule has 0 unspecified atom stereocenters. The number of para-hydroxylation sites is 1. The number of H-pyrrole nitrogens is 1. The molecule has 1 nitrogen and oxygen atoms in total. The van der Waals surface area contributed by atoms with Crippen molar-refractivity contribution in [3.05, 3.63) is 84.1 Å². The standard InChI is InChI=1S/C23H15NS/c1-2-7-14(8-3-1)15-10-6-11-16-18-13-20-21(23(18)25-22(15)16)17-9-4-5-12-19(17)24-20/h1-12,24H,13H2. The molecule has 2 aromatic heterocycles. The maximum atomic E-state index is 3.63. The molecular formula is C23H15NS. The summed E-state index contributed by atoms with van der Waals surface area (Å²) in [7, 11) is 0. The number of hydrogen-bond donors (Lipinski definition) is 1. The number of nitrogens with one attached hydrogen (secondary N) is 1. The van der Waals surface area contributed by atoms with Crippen LogP contribution in [0.5, 0.6) is 0 Å². The highest BCUT2D eigenvalue weighted by atomic mass is 32.1. The first-order valence-corrected chi connectivity index (χ1v) is 9.41. The maximum Gasteiger partial charge on any atom is 0.0462 e. The van der Waals surface area contributed by atoms with Crippen molar-refractivity contribution in [2.75, 3.05) is 0 Å². The fourth-order valence-corrected chi connectivity index (χ4v) is 5.60. The lowest BCUT2D eigenvalue weighted by Gasteiger charge is -2.04. The highest BCUT2D eigenvalue weighted by Gasteiger charge is 2.27. The van der Waals surface area contributed by atoms with E-state index in [0.717, 1.165) is 6.42 Å². The van der Waals surface area contributed by atoms with Gasteiger partial charge in [0.25, 0.3) is 0 Å². The highest BCUT2D eigenvalue weighted by Crippen LogP contribution is 2.50. The van der Waals surface area contributed by atoms with Gasteiger partial charge in [-0.25, -0.2) is 0 Å². The summed E-state index contributed by atoms with van der Waals surface area (Å²) in [6.07, 6.45) is 1.01. The van der Waals surface area contributed by atoms with Gasteiger partial charge in [-0.05, 0) is 28.1 Å². The molecule has 0 saturated heterocycles. The van der Waals surface area contributed by atoms with E-state index in [1.165, 1.54) is 53.8 Å². The van der Waals surface area contributed by atoms with E-state index in [0.29, 0.717) is 0 Å². The van der Waals surface area contributed by atoms with Crippen molar-refractivity contribution in [2.45, 2.75) is 6.42 Å². The first-order valence-electron chi connectivity index (χ1n) is 8.60. The summed E-state index contributed by atoms with van der Waals surface area (Å²) in [6, 6.07) is 26.1. The molecule has 1 aliphatic rings. The Kier molecular flexibility index (Phi) is 2.60. The Balaban J connectivity index is 1.67. The van der Waals surface area contributed by atoms with Gasteiger partial charge in [-0.15, -0.1) is 11.3 Å². The monoisotopic (exact) mass is 337 g/mol. The van der Waals surface area contributed by atoms with Gasteiger partial charge in [0.15, 0.2) is 0 Å². The first kappa shape index (κ1) is 13.5. The Hall–Kier alpha value is -2.84. The van der Waals surface area contributed by atoms with E-state index >= 15 is 0 Å². The quantitative estimate of drug-likeness (QED) is 0.347. The molecule has 5 aromatic rings. The summed E-state index contributed by atoms with van der Waals surface area (Å²) in [5.74, 6) is 0. The van der Waals surface area contributed by atoms with Crippen molar-refractivity contribution in [1.29, 1.82) is 0 Å². The third kappa shape index (κ3) is 1.77. The Labute approximate surface area is 149 Å². The molecule has 0 radical (unpaired) electrons. The lowest BCUT2D eigenvalue weighted by Crippen LogP contribution is -1.83. The summed E-state index contributed by atoms with van der Waals surface area (Å²) in [6.45, 7) is 0. The van der Waals surface area contributed by atoms with Crippen molar-refractivity contribution in [3.63, 3.8) is 0 Å². The summed E-state index contributed by atoms with van der Waals surface area (Å²) in [5.41, 5.74) is 8.18. The number of aromatic nitrogens is 1. The average Bonchev–Trinajstić information content (AvgIpc) is 3.29. The number of aromatic amines is 1. The molecule has 0 atom stereocenters. The Morgan fingerprint density at radius 2 is 1.56 bits per heavy atom. The van der Waals surface area contributed by atoms with E-state index in [2.05, 4.69) is 77.8 Å². The first-order chi connectivity index (χ1) is 12.4. The van der Waals surface area contributed by atoms with Crippen molar-refractivity contribution >= 4 is 32.3 Å². The van der Waals surface area contributed by atoms with Gasteiger partial charge in [0.05, 0.1) is 0 Å². The van der Waals surface area contributed by atoms with Gasteiger partial charge in [-0.1, -0.05) is 66.7 Å². The predicted octanol–water partition coefficient (Wildman–Crippen LogP) is 6.62. The number of benzene rings is 3. The van der Waals surface area contributed by atoms with E-state index in [4.69, 9.17) is 0 Å². The summed E-state index contributed by atoms with van der Waals surface area (Å²) >= 11 is 1.95. The van der Waals surface area contributed by atoms with E-state index in [1.807, 2.05) is 11.3 Å². The van der Waals surface area contributed by atoms with E-state index < -0.39 is 0 Å². The molecule has 0 amide bonds. The molecule has 0 bridgehead atoms. The second-order valence-electron chi connectivity index (χ2n) is 6.66. The predicted molar refractivity (Wildman–Crippen MR) is 107 cm³/mol. The summed E-state index contributed by atoms with van der Waals surface area (Å²) in [4.78, 5) is 5.08. The normalized spacial score (nSPS) is 12.6. The zero-order valence-corrected chi connectivity index (χ0v) is 14.4. The fraction of sp³-hybridized carbons (Fsp3) is 0.0435. The fourth-order valence-electron chi connectivity index (χ4n) is 4.16. The lowest BCUT2D eigenvalue weighted by molar-refractivity contribution is 1.18. The van der Waals surface area contributed by atoms with Crippen LogP contribution in [0.4, 0.5) is 0 Å². The van der Waals surface area contributed by atoms with Gasteiger partial charge in [-0.3, -0.25) is 0 Å². The molecule has 1 N–H and O–H groups in total. The number of thiophene rings is 1. The minimum absolute atomic E-state index is 1.01. The van der Waals surface area contributed by atoms with E-state index in [1.54, 1.807) is 0 Å². The van der Waals surface area contributed by atoms with Crippen LogP contribution in [-0.2, 0) is 6.42 Å². The van der Waals surface area contributed by atoms with E-state index in [-0.39, 0.29) is 0 Å². The van der Waals surface area contributed by atoms with Gasteiger partial charge in [0, 0.05) is 38.2 Å². The lowest BCUT2D eigenvalue weighted by atomic mass is 10.0. The largest absolute Gasteiger partial charge is 0.358 e. The molecule has 3 aromatic carbocycles. The van der Waals surface area contributed by atoms with Gasteiger partial charge < -0.3 is 4.98 Å². The molecule has 2 heterocycles. The summed E-state index contributed by atoms with van der Waals surface area (Å²) in [5, 5.41) is 2.76. The zero-order valence-electron chi connectivity index (χ0n) is 13.5. The van der Waals surface area contributed by atoms with Crippen LogP contribution in [0.3, 0.4) is 0 Å². The second kappa shape index (κ2) is 4.84. The number of rotatable bonds is 1. The molecule has 1 aliphatic carbocycles. The topological polar surface area (TPSA) is 15.8 Å². The SMILES string of the molecule is c1ccc(-c2cccc3c4c(sc23)-c2c([nH]c3ccccc23)C4)cc1. The molecule has 25 heavy (non-hydrogen) atoms. The smallest absolute Gasteiger partial charge is 0.0462 e. The van der Waals surface area contributed by atoms with Gasteiger partial charge in [0.1, 0.15) is 0 Å². The van der Waals surface area contributed by atoms with Gasteiger partial charge >= 0.3 is 0 Å². The van der Waals surface area contributed by atoms with Crippen LogP contribution >= 0.6 is 11.3 Å². The molecule has 0 saturated carbocycles. The molecule has 118 valence electrons. The Morgan fingerprint density at radius 1 is 0.760 bits per heavy atom. The third-order valence-corrected chi connectivity index (χ3v) is 6.57. The molecule has 0 aliphatic heterocycles. The third-order valence-electron chi connectivity index (χ3n) is 5.27. The van der Waals surface area contributed by atoms with E-state index in [9.17, 15) is 0 Å². The van der Waals surface area contributed by atoms with Crippen LogP contribution in [0, 0.1) is 0 Å². The minimum Gasteiger partial charge on any atom is -0.358 e. The zero-order chi connectivity index (χ0) is 16.4. The van der Waals surface area contributed by atoms with Crippen molar-refractivity contribution in [2.24, 2.45) is 0 Å². The molecule has 0 fully saturated rings.